The maximum Gasteiger partial charge on any atom is 0.257 e. The molecule has 1 fully saturated rings. The number of piperidine rings is 1. The van der Waals surface area contributed by atoms with E-state index in [0.29, 0.717) is 18.7 Å². The first kappa shape index (κ1) is 16.5. The third-order valence-electron chi connectivity index (χ3n) is 4.89. The molecule has 0 unspecified atom stereocenters. The predicted octanol–water partition coefficient (Wildman–Crippen LogP) is 2.08. The lowest BCUT2D eigenvalue weighted by Gasteiger charge is -2.31. The number of rotatable bonds is 4. The smallest absolute Gasteiger partial charge is 0.257 e. The quantitative estimate of drug-likeness (QED) is 0.722. The molecule has 0 N–H and O–H groups in total. The summed E-state index contributed by atoms with van der Waals surface area (Å²) in [5.74, 6) is 1.22. The SMILES string of the molecule is Cn1cnnc1[C@H]1CCCN(C(=O)c2cnn(Cc3ccccc3)c2)C1. The third-order valence-corrected chi connectivity index (χ3v) is 4.89. The van der Waals surface area contributed by atoms with Gasteiger partial charge in [0.15, 0.2) is 0 Å². The van der Waals surface area contributed by atoms with Crippen LogP contribution >= 0.6 is 0 Å². The van der Waals surface area contributed by atoms with Crippen molar-refractivity contribution < 1.29 is 4.79 Å². The third kappa shape index (κ3) is 3.37. The fraction of sp³-hybridized carbons (Fsp3) is 0.368. The average Bonchev–Trinajstić information content (AvgIpc) is 3.31. The Morgan fingerprint density at radius 2 is 2.12 bits per heavy atom. The molecule has 0 spiro atoms. The van der Waals surface area contributed by atoms with Crippen LogP contribution in [0.1, 0.15) is 40.5 Å². The Kier molecular flexibility index (Phi) is 4.51. The lowest BCUT2D eigenvalue weighted by atomic mass is 9.97. The summed E-state index contributed by atoms with van der Waals surface area (Å²) in [6.07, 6.45) is 7.22. The van der Waals surface area contributed by atoms with Gasteiger partial charge < -0.3 is 9.47 Å². The molecule has 134 valence electrons. The van der Waals surface area contributed by atoms with E-state index in [1.54, 1.807) is 12.5 Å². The van der Waals surface area contributed by atoms with E-state index in [1.165, 1.54) is 0 Å². The largest absolute Gasteiger partial charge is 0.338 e. The number of nitrogens with zero attached hydrogens (tertiary/aromatic N) is 6. The second-order valence-electron chi connectivity index (χ2n) is 6.80. The Labute approximate surface area is 152 Å². The number of aromatic nitrogens is 5. The van der Waals surface area contributed by atoms with Gasteiger partial charge in [-0.2, -0.15) is 5.10 Å². The first-order valence-electron chi connectivity index (χ1n) is 8.90. The number of carbonyl (C=O) groups excluding carboxylic acids is 1. The molecule has 0 bridgehead atoms. The van der Waals surface area contributed by atoms with E-state index in [4.69, 9.17) is 0 Å². The van der Waals surface area contributed by atoms with Gasteiger partial charge in [-0.05, 0) is 18.4 Å². The van der Waals surface area contributed by atoms with E-state index in [2.05, 4.69) is 27.4 Å². The van der Waals surface area contributed by atoms with Crippen molar-refractivity contribution in [3.63, 3.8) is 0 Å². The summed E-state index contributed by atoms with van der Waals surface area (Å²) in [5, 5.41) is 12.5. The van der Waals surface area contributed by atoms with E-state index in [-0.39, 0.29) is 11.8 Å². The normalized spacial score (nSPS) is 17.4. The van der Waals surface area contributed by atoms with Crippen LogP contribution in [0.5, 0.6) is 0 Å². The second-order valence-corrected chi connectivity index (χ2v) is 6.80. The molecule has 7 nitrogen and oxygen atoms in total. The van der Waals surface area contributed by atoms with Gasteiger partial charge in [0.25, 0.3) is 5.91 Å². The minimum absolute atomic E-state index is 0.0381. The van der Waals surface area contributed by atoms with Crippen molar-refractivity contribution >= 4 is 5.91 Å². The molecule has 1 amide bonds. The van der Waals surface area contributed by atoms with Gasteiger partial charge in [0.2, 0.25) is 0 Å². The number of benzene rings is 1. The number of hydrogen-bond donors (Lipinski definition) is 0. The van der Waals surface area contributed by atoms with Crippen molar-refractivity contribution in [1.29, 1.82) is 0 Å². The van der Waals surface area contributed by atoms with Crippen molar-refractivity contribution in [2.75, 3.05) is 13.1 Å². The lowest BCUT2D eigenvalue weighted by molar-refractivity contribution is 0.0703. The molecule has 0 aliphatic carbocycles. The number of carbonyl (C=O) groups is 1. The zero-order valence-electron chi connectivity index (χ0n) is 14.8. The highest BCUT2D eigenvalue weighted by molar-refractivity contribution is 5.93. The van der Waals surface area contributed by atoms with Crippen LogP contribution in [0.15, 0.2) is 49.1 Å². The highest BCUT2D eigenvalue weighted by Gasteiger charge is 2.28. The van der Waals surface area contributed by atoms with Gasteiger partial charge in [0.05, 0.1) is 18.3 Å². The highest BCUT2D eigenvalue weighted by Crippen LogP contribution is 2.26. The van der Waals surface area contributed by atoms with Crippen molar-refractivity contribution in [2.24, 2.45) is 7.05 Å². The number of aryl methyl sites for hydroxylation is 1. The molecule has 1 aliphatic rings. The first-order valence-corrected chi connectivity index (χ1v) is 8.90. The predicted molar refractivity (Wildman–Crippen MR) is 96.7 cm³/mol. The fourth-order valence-corrected chi connectivity index (χ4v) is 3.55. The topological polar surface area (TPSA) is 68.8 Å². The summed E-state index contributed by atoms with van der Waals surface area (Å²) in [7, 11) is 1.95. The molecule has 1 aliphatic heterocycles. The molecule has 1 saturated heterocycles. The molecule has 3 heterocycles. The summed E-state index contributed by atoms with van der Waals surface area (Å²) in [5.41, 5.74) is 1.80. The number of likely N-dealkylation sites (tertiary alicyclic amines) is 1. The van der Waals surface area contributed by atoms with Crippen molar-refractivity contribution in [1.82, 2.24) is 29.4 Å². The van der Waals surface area contributed by atoms with E-state index < -0.39 is 0 Å². The molecular formula is C19H22N6O. The van der Waals surface area contributed by atoms with Crippen LogP contribution in [0.2, 0.25) is 0 Å². The zero-order chi connectivity index (χ0) is 17.9. The average molecular weight is 350 g/mol. The molecule has 3 aromatic rings. The Balaban J connectivity index is 1.45. The maximum atomic E-state index is 12.9. The summed E-state index contributed by atoms with van der Waals surface area (Å²) in [6.45, 7) is 2.11. The minimum Gasteiger partial charge on any atom is -0.338 e. The zero-order valence-corrected chi connectivity index (χ0v) is 14.8. The Morgan fingerprint density at radius 1 is 1.27 bits per heavy atom. The van der Waals surface area contributed by atoms with Crippen molar-refractivity contribution in [3.8, 4) is 0 Å². The van der Waals surface area contributed by atoms with E-state index in [0.717, 1.165) is 30.8 Å². The standard InChI is InChI=1S/C19H22N6O/c1-23-14-20-22-18(23)16-8-5-9-24(12-16)19(26)17-10-21-25(13-17)11-15-6-3-2-4-7-15/h2-4,6-7,10,13-14,16H,5,8-9,11-12H2,1H3/t16-/m0/s1. The Morgan fingerprint density at radius 3 is 2.88 bits per heavy atom. The molecule has 1 atom stereocenters. The van der Waals surface area contributed by atoms with Gasteiger partial charge >= 0.3 is 0 Å². The summed E-state index contributed by atoms with van der Waals surface area (Å²) in [6, 6.07) is 10.1. The molecule has 2 aromatic heterocycles. The van der Waals surface area contributed by atoms with Gasteiger partial charge in [-0.3, -0.25) is 9.48 Å². The number of amides is 1. The molecular weight excluding hydrogens is 328 g/mol. The van der Waals surface area contributed by atoms with Gasteiger partial charge in [-0.1, -0.05) is 30.3 Å². The van der Waals surface area contributed by atoms with Crippen LogP contribution in [0.4, 0.5) is 0 Å². The van der Waals surface area contributed by atoms with Gasteiger partial charge in [-0.25, -0.2) is 0 Å². The monoisotopic (exact) mass is 350 g/mol. The van der Waals surface area contributed by atoms with Crippen LogP contribution < -0.4 is 0 Å². The van der Waals surface area contributed by atoms with Crippen molar-refractivity contribution in [2.45, 2.75) is 25.3 Å². The van der Waals surface area contributed by atoms with Crippen LogP contribution in [0, 0.1) is 0 Å². The molecule has 1 aromatic carbocycles. The second kappa shape index (κ2) is 7.11. The van der Waals surface area contributed by atoms with E-state index in [9.17, 15) is 4.79 Å². The highest BCUT2D eigenvalue weighted by atomic mass is 16.2. The fourth-order valence-electron chi connectivity index (χ4n) is 3.55. The molecule has 4 rings (SSSR count). The first-order chi connectivity index (χ1) is 12.7. The van der Waals surface area contributed by atoms with Crippen molar-refractivity contribution in [3.05, 3.63) is 66.0 Å². The minimum atomic E-state index is 0.0381. The summed E-state index contributed by atoms with van der Waals surface area (Å²) in [4.78, 5) is 14.8. The summed E-state index contributed by atoms with van der Waals surface area (Å²) >= 11 is 0. The summed E-state index contributed by atoms with van der Waals surface area (Å²) < 4.78 is 3.75. The van der Waals surface area contributed by atoms with Crippen LogP contribution in [-0.4, -0.2) is 48.4 Å². The van der Waals surface area contributed by atoms with Gasteiger partial charge in [0.1, 0.15) is 12.2 Å². The lowest BCUT2D eigenvalue weighted by Crippen LogP contribution is -2.39. The Hall–Kier alpha value is -2.96. The maximum absolute atomic E-state index is 12.9. The van der Waals surface area contributed by atoms with Crippen LogP contribution in [-0.2, 0) is 13.6 Å². The Bertz CT molecular complexity index is 884. The molecule has 0 radical (unpaired) electrons. The number of hydrogen-bond acceptors (Lipinski definition) is 4. The van der Waals surface area contributed by atoms with Gasteiger partial charge in [-0.15, -0.1) is 10.2 Å². The van der Waals surface area contributed by atoms with E-state index in [1.807, 2.05) is 45.6 Å². The van der Waals surface area contributed by atoms with E-state index >= 15 is 0 Å². The molecule has 26 heavy (non-hydrogen) atoms. The van der Waals surface area contributed by atoms with Crippen LogP contribution in [0.3, 0.4) is 0 Å². The molecule has 0 saturated carbocycles. The van der Waals surface area contributed by atoms with Crippen LogP contribution in [0.25, 0.3) is 0 Å². The van der Waals surface area contributed by atoms with Gasteiger partial charge in [0, 0.05) is 32.3 Å². The molecule has 7 heteroatoms.